The largest absolute Gasteiger partial charge is 0.365 e. The number of amides is 2. The average Bonchev–Trinajstić information content (AvgIpc) is 2.67. The normalized spacial score (nSPS) is 14.3. The lowest BCUT2D eigenvalue weighted by Gasteiger charge is -2.33. The summed E-state index contributed by atoms with van der Waals surface area (Å²) in [6.07, 6.45) is 6.53. The van der Waals surface area contributed by atoms with Gasteiger partial charge in [-0.15, -0.1) is 0 Å². The van der Waals surface area contributed by atoms with Crippen LogP contribution in [0.3, 0.4) is 0 Å². The fourth-order valence-electron chi connectivity index (χ4n) is 2.61. The Labute approximate surface area is 145 Å². The van der Waals surface area contributed by atoms with E-state index in [0.29, 0.717) is 44.2 Å². The van der Waals surface area contributed by atoms with Gasteiger partial charge in [0, 0.05) is 52.0 Å². The van der Waals surface area contributed by atoms with Crippen LogP contribution in [-0.2, 0) is 11.3 Å². The van der Waals surface area contributed by atoms with Crippen molar-refractivity contribution in [1.82, 2.24) is 24.8 Å². The number of aromatic nitrogens is 3. The van der Waals surface area contributed by atoms with Gasteiger partial charge in [-0.2, -0.15) is 0 Å². The molecule has 1 aliphatic rings. The zero-order chi connectivity index (χ0) is 17.6. The molecule has 0 saturated carbocycles. The Bertz CT molecular complexity index is 727. The van der Waals surface area contributed by atoms with Gasteiger partial charge in [-0.3, -0.25) is 14.6 Å². The molecule has 0 aliphatic carbocycles. The van der Waals surface area contributed by atoms with Crippen molar-refractivity contribution in [2.24, 2.45) is 0 Å². The van der Waals surface area contributed by atoms with Crippen LogP contribution in [0.25, 0.3) is 0 Å². The van der Waals surface area contributed by atoms with Gasteiger partial charge < -0.3 is 15.1 Å². The molecule has 0 aromatic carbocycles. The Morgan fingerprint density at radius 1 is 1.08 bits per heavy atom. The summed E-state index contributed by atoms with van der Waals surface area (Å²) in [5.41, 5.74) is 1.34. The van der Waals surface area contributed by atoms with E-state index >= 15 is 0 Å². The molecule has 1 saturated heterocycles. The Morgan fingerprint density at radius 3 is 2.44 bits per heavy atom. The maximum absolute atomic E-state index is 12.5. The van der Waals surface area contributed by atoms with Gasteiger partial charge in [0.1, 0.15) is 11.5 Å². The van der Waals surface area contributed by atoms with Crippen LogP contribution in [0.15, 0.2) is 36.9 Å². The molecular formula is C17H20N6O2. The van der Waals surface area contributed by atoms with Crippen molar-refractivity contribution in [1.29, 1.82) is 0 Å². The fourth-order valence-corrected chi connectivity index (χ4v) is 2.61. The lowest BCUT2D eigenvalue weighted by molar-refractivity contribution is -0.130. The third kappa shape index (κ3) is 4.28. The number of pyridine rings is 1. The van der Waals surface area contributed by atoms with E-state index in [2.05, 4.69) is 20.3 Å². The van der Waals surface area contributed by atoms with Crippen LogP contribution in [0.5, 0.6) is 0 Å². The minimum absolute atomic E-state index is 0.0379. The molecule has 2 amide bonds. The summed E-state index contributed by atoms with van der Waals surface area (Å²) in [6.45, 7) is 4.27. The number of hydrogen-bond donors (Lipinski definition) is 1. The van der Waals surface area contributed by atoms with Crippen molar-refractivity contribution in [2.45, 2.75) is 13.5 Å². The highest BCUT2D eigenvalue weighted by molar-refractivity contribution is 5.92. The third-order valence-electron chi connectivity index (χ3n) is 4.08. The topological polar surface area (TPSA) is 91.3 Å². The number of carbonyl (C=O) groups excluding carboxylic acids is 2. The summed E-state index contributed by atoms with van der Waals surface area (Å²) in [7, 11) is 0. The first kappa shape index (κ1) is 16.8. The van der Waals surface area contributed by atoms with Crippen molar-refractivity contribution in [3.63, 3.8) is 0 Å². The van der Waals surface area contributed by atoms with Crippen molar-refractivity contribution < 1.29 is 9.59 Å². The number of rotatable bonds is 4. The number of carbonyl (C=O) groups is 2. The van der Waals surface area contributed by atoms with Gasteiger partial charge in [0.15, 0.2) is 0 Å². The molecule has 1 aliphatic heterocycles. The Morgan fingerprint density at radius 2 is 1.84 bits per heavy atom. The number of anilines is 1. The summed E-state index contributed by atoms with van der Waals surface area (Å²) < 4.78 is 0. The fraction of sp³-hybridized carbons (Fsp3) is 0.353. The monoisotopic (exact) mass is 340 g/mol. The van der Waals surface area contributed by atoms with E-state index < -0.39 is 0 Å². The predicted octanol–water partition coefficient (Wildman–Crippen LogP) is 0.788. The molecular weight excluding hydrogens is 320 g/mol. The maximum Gasteiger partial charge on any atom is 0.274 e. The molecule has 25 heavy (non-hydrogen) atoms. The van der Waals surface area contributed by atoms with E-state index in [4.69, 9.17) is 0 Å². The summed E-state index contributed by atoms with van der Waals surface area (Å²) in [5, 5.41) is 3.14. The van der Waals surface area contributed by atoms with Crippen molar-refractivity contribution in [3.05, 3.63) is 48.2 Å². The predicted molar refractivity (Wildman–Crippen MR) is 91.8 cm³/mol. The van der Waals surface area contributed by atoms with Gasteiger partial charge in [-0.25, -0.2) is 9.97 Å². The SMILES string of the molecule is CC(=O)N1CCN(C(=O)c2cnc(NCc3cccnc3)cn2)CC1. The molecule has 1 fully saturated rings. The minimum Gasteiger partial charge on any atom is -0.365 e. The Hall–Kier alpha value is -3.03. The molecule has 8 nitrogen and oxygen atoms in total. The van der Waals surface area contributed by atoms with Crippen LogP contribution in [0.2, 0.25) is 0 Å². The molecule has 3 heterocycles. The first-order valence-corrected chi connectivity index (χ1v) is 8.13. The maximum atomic E-state index is 12.5. The van der Waals surface area contributed by atoms with E-state index in [1.807, 2.05) is 12.1 Å². The van der Waals surface area contributed by atoms with E-state index in [1.165, 1.54) is 6.20 Å². The number of piperazine rings is 1. The van der Waals surface area contributed by atoms with Crippen LogP contribution in [0.4, 0.5) is 5.82 Å². The number of nitrogens with zero attached hydrogens (tertiary/aromatic N) is 5. The standard InChI is InChI=1S/C17H20N6O2/c1-13(24)22-5-7-23(8-6-22)17(25)15-11-21-16(12-19-15)20-10-14-3-2-4-18-9-14/h2-4,9,11-12H,5-8,10H2,1H3,(H,20,21). The smallest absolute Gasteiger partial charge is 0.274 e. The highest BCUT2D eigenvalue weighted by Crippen LogP contribution is 2.09. The molecule has 3 rings (SSSR count). The lowest BCUT2D eigenvalue weighted by atomic mass is 10.2. The van der Waals surface area contributed by atoms with Gasteiger partial charge in [-0.1, -0.05) is 6.07 Å². The van der Waals surface area contributed by atoms with Gasteiger partial charge >= 0.3 is 0 Å². The Kier molecular flexibility index (Phi) is 5.17. The van der Waals surface area contributed by atoms with Crippen LogP contribution in [-0.4, -0.2) is 62.7 Å². The first-order valence-electron chi connectivity index (χ1n) is 8.13. The number of nitrogens with one attached hydrogen (secondary N) is 1. The van der Waals surface area contributed by atoms with Crippen LogP contribution < -0.4 is 5.32 Å². The molecule has 0 bridgehead atoms. The van der Waals surface area contributed by atoms with Crippen molar-refractivity contribution in [3.8, 4) is 0 Å². The molecule has 1 N–H and O–H groups in total. The molecule has 8 heteroatoms. The van der Waals surface area contributed by atoms with Crippen LogP contribution >= 0.6 is 0 Å². The van der Waals surface area contributed by atoms with Crippen molar-refractivity contribution >= 4 is 17.6 Å². The second-order valence-electron chi connectivity index (χ2n) is 5.80. The van der Waals surface area contributed by atoms with Gasteiger partial charge in [0.2, 0.25) is 5.91 Å². The first-order chi connectivity index (χ1) is 12.1. The van der Waals surface area contributed by atoms with E-state index in [1.54, 1.807) is 35.3 Å². The summed E-state index contributed by atoms with van der Waals surface area (Å²) in [5.74, 6) is 0.479. The molecule has 2 aromatic rings. The third-order valence-corrected chi connectivity index (χ3v) is 4.08. The highest BCUT2D eigenvalue weighted by atomic mass is 16.2. The van der Waals surface area contributed by atoms with E-state index in [-0.39, 0.29) is 11.8 Å². The minimum atomic E-state index is -0.158. The van der Waals surface area contributed by atoms with Crippen molar-refractivity contribution in [2.75, 3.05) is 31.5 Å². The second-order valence-corrected chi connectivity index (χ2v) is 5.80. The molecule has 0 spiro atoms. The summed E-state index contributed by atoms with van der Waals surface area (Å²) >= 11 is 0. The highest BCUT2D eigenvalue weighted by Gasteiger charge is 2.24. The molecule has 0 radical (unpaired) electrons. The molecule has 2 aromatic heterocycles. The Balaban J connectivity index is 1.55. The second kappa shape index (κ2) is 7.69. The van der Waals surface area contributed by atoms with Gasteiger partial charge in [0.05, 0.1) is 12.4 Å². The van der Waals surface area contributed by atoms with Crippen LogP contribution in [0, 0.1) is 0 Å². The molecule has 0 unspecified atom stereocenters. The van der Waals surface area contributed by atoms with Gasteiger partial charge in [0.25, 0.3) is 5.91 Å². The quantitative estimate of drug-likeness (QED) is 0.885. The van der Waals surface area contributed by atoms with E-state index in [0.717, 1.165) is 5.56 Å². The molecule has 0 atom stereocenters. The van der Waals surface area contributed by atoms with Gasteiger partial charge in [-0.05, 0) is 11.6 Å². The zero-order valence-corrected chi connectivity index (χ0v) is 14.1. The average molecular weight is 340 g/mol. The summed E-state index contributed by atoms with van der Waals surface area (Å²) in [6, 6.07) is 3.84. The lowest BCUT2D eigenvalue weighted by Crippen LogP contribution is -2.50. The number of hydrogen-bond acceptors (Lipinski definition) is 6. The molecule has 130 valence electrons. The summed E-state index contributed by atoms with van der Waals surface area (Å²) in [4.78, 5) is 39.7. The zero-order valence-electron chi connectivity index (χ0n) is 14.1. The van der Waals surface area contributed by atoms with Crippen LogP contribution in [0.1, 0.15) is 23.0 Å². The van der Waals surface area contributed by atoms with E-state index in [9.17, 15) is 9.59 Å².